The Morgan fingerprint density at radius 3 is 1.03 bits per heavy atom. The Morgan fingerprint density at radius 1 is 0.531 bits per heavy atom. The molecule has 176 valence electrons. The van der Waals surface area contributed by atoms with Crippen LogP contribution in [0.5, 0.6) is 0 Å². The molecule has 0 saturated carbocycles. The third-order valence-corrected chi connectivity index (χ3v) is 4.60. The van der Waals surface area contributed by atoms with Crippen molar-refractivity contribution in [2.24, 2.45) is 0 Å². The minimum absolute atomic E-state index is 0.0624. The lowest BCUT2D eigenvalue weighted by Gasteiger charge is -2.22. The molecular formula is C19H10F12O. The topological polar surface area (TPSA) is 17.1 Å². The number of alkyl halides is 12. The summed E-state index contributed by atoms with van der Waals surface area (Å²) in [5.74, 6) is -1.60. The molecule has 0 aliphatic heterocycles. The number of hydrogen-bond acceptors (Lipinski definition) is 1. The molecule has 13 heteroatoms. The molecule has 2 aromatic rings. The molecule has 0 aromatic heterocycles. The zero-order chi connectivity index (χ0) is 25.0. The van der Waals surface area contributed by atoms with Crippen LogP contribution >= 0.6 is 0 Å². The van der Waals surface area contributed by atoms with Crippen LogP contribution in [0, 0.1) is 13.8 Å². The van der Waals surface area contributed by atoms with Crippen LogP contribution in [0.1, 0.15) is 49.3 Å². The van der Waals surface area contributed by atoms with Crippen molar-refractivity contribution in [3.05, 3.63) is 68.8 Å². The van der Waals surface area contributed by atoms with Gasteiger partial charge < -0.3 is 0 Å². The second-order valence-corrected chi connectivity index (χ2v) is 6.64. The second-order valence-electron chi connectivity index (χ2n) is 6.64. The lowest BCUT2D eigenvalue weighted by atomic mass is 9.88. The molecule has 0 fully saturated rings. The number of carbonyl (C=O) groups excluding carboxylic acids is 1. The van der Waals surface area contributed by atoms with Crippen LogP contribution in [0.2, 0.25) is 0 Å². The van der Waals surface area contributed by atoms with Crippen molar-refractivity contribution in [1.29, 1.82) is 0 Å². The van der Waals surface area contributed by atoms with Crippen molar-refractivity contribution in [1.82, 2.24) is 0 Å². The van der Waals surface area contributed by atoms with Gasteiger partial charge in [-0.15, -0.1) is 0 Å². The van der Waals surface area contributed by atoms with Crippen molar-refractivity contribution in [2.75, 3.05) is 0 Å². The van der Waals surface area contributed by atoms with Crippen LogP contribution in [0.4, 0.5) is 52.7 Å². The van der Waals surface area contributed by atoms with Crippen LogP contribution < -0.4 is 0 Å². The predicted octanol–water partition coefficient (Wildman–Crippen LogP) is 7.61. The lowest BCUT2D eigenvalue weighted by Crippen LogP contribution is -2.22. The predicted molar refractivity (Wildman–Crippen MR) is 85.8 cm³/mol. The van der Waals surface area contributed by atoms with Crippen LogP contribution in [0.15, 0.2) is 24.3 Å². The van der Waals surface area contributed by atoms with Gasteiger partial charge >= 0.3 is 24.7 Å². The van der Waals surface area contributed by atoms with Gasteiger partial charge in [-0.3, -0.25) is 4.79 Å². The first kappa shape index (κ1) is 25.5. The molecule has 0 aliphatic rings. The van der Waals surface area contributed by atoms with Crippen LogP contribution in [-0.2, 0) is 24.7 Å². The summed E-state index contributed by atoms with van der Waals surface area (Å²) in [5, 5.41) is 0. The molecule has 2 aromatic carbocycles. The Labute approximate surface area is 171 Å². The highest BCUT2D eigenvalue weighted by Gasteiger charge is 2.47. The molecule has 0 bridgehead atoms. The number of benzene rings is 2. The van der Waals surface area contributed by atoms with Gasteiger partial charge in [0.15, 0.2) is 5.78 Å². The number of halogens is 12. The van der Waals surface area contributed by atoms with Gasteiger partial charge in [-0.05, 0) is 37.1 Å². The maximum atomic E-state index is 13.3. The maximum absolute atomic E-state index is 13.3. The van der Waals surface area contributed by atoms with E-state index >= 15 is 0 Å². The lowest BCUT2D eigenvalue weighted by molar-refractivity contribution is -0.162. The maximum Gasteiger partial charge on any atom is 0.417 e. The Morgan fingerprint density at radius 2 is 0.812 bits per heavy atom. The molecule has 0 atom stereocenters. The molecule has 0 radical (unpaired) electrons. The molecule has 2 rings (SSSR count). The monoisotopic (exact) mass is 482 g/mol. The fourth-order valence-corrected chi connectivity index (χ4v) is 3.26. The number of ketones is 1. The molecule has 0 N–H and O–H groups in total. The highest BCUT2D eigenvalue weighted by molar-refractivity contribution is 6.11. The van der Waals surface area contributed by atoms with Gasteiger partial charge in [0.2, 0.25) is 0 Å². The minimum atomic E-state index is -5.59. The third-order valence-electron chi connectivity index (χ3n) is 4.60. The summed E-state index contributed by atoms with van der Waals surface area (Å²) in [6, 6.07) is 0.542. The van der Waals surface area contributed by atoms with Crippen molar-refractivity contribution in [2.45, 2.75) is 38.6 Å². The average molecular weight is 482 g/mol. The van der Waals surface area contributed by atoms with Gasteiger partial charge in [0.25, 0.3) is 0 Å². The third kappa shape index (κ3) is 4.70. The van der Waals surface area contributed by atoms with E-state index in [1.807, 2.05) is 0 Å². The highest BCUT2D eigenvalue weighted by atomic mass is 19.4. The van der Waals surface area contributed by atoms with E-state index in [9.17, 15) is 57.5 Å². The van der Waals surface area contributed by atoms with Crippen LogP contribution in [-0.4, -0.2) is 5.78 Å². The van der Waals surface area contributed by atoms with Gasteiger partial charge in [0.1, 0.15) is 0 Å². The van der Waals surface area contributed by atoms with Crippen molar-refractivity contribution >= 4 is 5.78 Å². The molecule has 0 aliphatic carbocycles. The molecular weight excluding hydrogens is 472 g/mol. The number of carbonyl (C=O) groups is 1. The Hall–Kier alpha value is -2.73. The highest BCUT2D eigenvalue weighted by Crippen LogP contribution is 2.45. The van der Waals surface area contributed by atoms with E-state index in [2.05, 4.69) is 0 Å². The zero-order valence-electron chi connectivity index (χ0n) is 15.8. The molecule has 0 saturated heterocycles. The van der Waals surface area contributed by atoms with Gasteiger partial charge in [-0.25, -0.2) is 0 Å². The quantitative estimate of drug-likeness (QED) is 0.318. The second kappa shape index (κ2) is 7.69. The van der Waals surface area contributed by atoms with Gasteiger partial charge in [0, 0.05) is 11.1 Å². The van der Waals surface area contributed by atoms with E-state index in [0.717, 1.165) is 0 Å². The van der Waals surface area contributed by atoms with E-state index in [1.54, 1.807) is 0 Å². The summed E-state index contributed by atoms with van der Waals surface area (Å²) >= 11 is 0. The smallest absolute Gasteiger partial charge is 0.289 e. The number of hydrogen-bond donors (Lipinski definition) is 0. The standard InChI is InChI=1S/C19H10F12O/c1-7-9(3-5-11(16(20,21)22)13(7)18(26,27)28)15(32)10-4-6-12(17(23,24)25)14(8(10)2)19(29,30)31/h3-6H,1-2H3. The van der Waals surface area contributed by atoms with Gasteiger partial charge in [0.05, 0.1) is 22.3 Å². The van der Waals surface area contributed by atoms with Crippen molar-refractivity contribution in [3.63, 3.8) is 0 Å². The molecule has 0 amide bonds. The van der Waals surface area contributed by atoms with Gasteiger partial charge in [-0.2, -0.15) is 52.7 Å². The first-order valence-corrected chi connectivity index (χ1v) is 8.29. The van der Waals surface area contributed by atoms with E-state index in [-0.39, 0.29) is 12.1 Å². The first-order valence-electron chi connectivity index (χ1n) is 8.29. The van der Waals surface area contributed by atoms with Crippen molar-refractivity contribution < 1.29 is 57.5 Å². The van der Waals surface area contributed by atoms with E-state index in [0.29, 0.717) is 26.0 Å². The molecule has 0 unspecified atom stereocenters. The zero-order valence-corrected chi connectivity index (χ0v) is 15.8. The summed E-state index contributed by atoms with van der Waals surface area (Å²) in [7, 11) is 0. The molecule has 0 spiro atoms. The van der Waals surface area contributed by atoms with Gasteiger partial charge in [-0.1, -0.05) is 12.1 Å². The summed E-state index contributed by atoms with van der Waals surface area (Å²) in [6.45, 7) is 1.02. The summed E-state index contributed by atoms with van der Waals surface area (Å²) < 4.78 is 158. The van der Waals surface area contributed by atoms with Crippen LogP contribution in [0.3, 0.4) is 0 Å². The number of rotatable bonds is 2. The van der Waals surface area contributed by atoms with E-state index < -0.39 is 75.0 Å². The summed E-state index contributed by atoms with van der Waals surface area (Å²) in [5.41, 5.74) is -13.2. The van der Waals surface area contributed by atoms with Crippen LogP contribution in [0.25, 0.3) is 0 Å². The summed E-state index contributed by atoms with van der Waals surface area (Å²) in [4.78, 5) is 12.7. The average Bonchev–Trinajstić information content (AvgIpc) is 2.56. The van der Waals surface area contributed by atoms with E-state index in [4.69, 9.17) is 0 Å². The normalized spacial score (nSPS) is 13.4. The SMILES string of the molecule is Cc1c(C(=O)c2ccc(C(F)(F)F)c(C(F)(F)F)c2C)ccc(C(F)(F)F)c1C(F)(F)F. The summed E-state index contributed by atoms with van der Waals surface area (Å²) in [6.07, 6.45) is -22.1. The largest absolute Gasteiger partial charge is 0.417 e. The Bertz CT molecular complexity index is 969. The fraction of sp³-hybridized carbons (Fsp3) is 0.316. The van der Waals surface area contributed by atoms with E-state index in [1.165, 1.54) is 0 Å². The molecule has 0 heterocycles. The fourth-order valence-electron chi connectivity index (χ4n) is 3.26. The molecule has 1 nitrogen and oxygen atoms in total. The minimum Gasteiger partial charge on any atom is -0.289 e. The van der Waals surface area contributed by atoms with Crippen molar-refractivity contribution in [3.8, 4) is 0 Å². The Balaban J connectivity index is 2.82. The Kier molecular flexibility index (Phi) is 6.14. The first-order chi connectivity index (χ1) is 14.2. The molecule has 32 heavy (non-hydrogen) atoms.